The Morgan fingerprint density at radius 1 is 0.667 bits per heavy atom. The summed E-state index contributed by atoms with van der Waals surface area (Å²) in [5.41, 5.74) is 4.19. The van der Waals surface area contributed by atoms with Gasteiger partial charge in [-0.15, -0.1) is 0 Å². The summed E-state index contributed by atoms with van der Waals surface area (Å²) in [5, 5.41) is 0. The van der Waals surface area contributed by atoms with Gasteiger partial charge < -0.3 is 4.98 Å². The lowest BCUT2D eigenvalue weighted by atomic mass is 10.1. The zero-order valence-corrected chi connectivity index (χ0v) is 12.9. The molecule has 0 spiro atoms. The molecule has 0 radical (unpaired) electrons. The number of nitrogens with one attached hydrogen (secondary N) is 1. The van der Waals surface area contributed by atoms with Crippen LogP contribution in [0, 0.1) is 5.82 Å². The second-order valence-electron chi connectivity index (χ2n) is 5.52. The van der Waals surface area contributed by atoms with E-state index in [1.54, 1.807) is 12.1 Å². The molecule has 4 aromatic rings. The van der Waals surface area contributed by atoms with Gasteiger partial charge in [-0.25, -0.2) is 9.37 Å². The lowest BCUT2D eigenvalue weighted by Crippen LogP contribution is -1.85. The maximum Gasteiger partial charge on any atom is 0.141 e. The van der Waals surface area contributed by atoms with E-state index in [0.29, 0.717) is 11.4 Å². The first-order chi connectivity index (χ1) is 11.8. The molecule has 0 aliphatic carbocycles. The molecule has 0 aliphatic rings. The van der Waals surface area contributed by atoms with Crippen LogP contribution in [0.1, 0.15) is 0 Å². The molecular formula is C21H15FN2. The van der Waals surface area contributed by atoms with Gasteiger partial charge in [0.2, 0.25) is 0 Å². The number of H-pyrrole nitrogens is 1. The Kier molecular flexibility index (Phi) is 3.67. The van der Waals surface area contributed by atoms with Crippen LogP contribution in [0.5, 0.6) is 0 Å². The van der Waals surface area contributed by atoms with Crippen molar-refractivity contribution in [1.29, 1.82) is 0 Å². The molecule has 0 saturated carbocycles. The highest BCUT2D eigenvalue weighted by Crippen LogP contribution is 2.33. The largest absolute Gasteiger partial charge is 0.337 e. The maximum atomic E-state index is 14.2. The van der Waals surface area contributed by atoms with Gasteiger partial charge in [0.1, 0.15) is 11.6 Å². The number of halogens is 1. The first-order valence-corrected chi connectivity index (χ1v) is 7.78. The van der Waals surface area contributed by atoms with Gasteiger partial charge in [0, 0.05) is 11.1 Å². The third-order valence-corrected chi connectivity index (χ3v) is 3.94. The summed E-state index contributed by atoms with van der Waals surface area (Å²) in [6.07, 6.45) is 0. The van der Waals surface area contributed by atoms with E-state index >= 15 is 0 Å². The highest BCUT2D eigenvalue weighted by molar-refractivity contribution is 5.81. The van der Waals surface area contributed by atoms with Gasteiger partial charge in [-0.1, -0.05) is 72.8 Å². The van der Waals surface area contributed by atoms with Crippen LogP contribution in [0.4, 0.5) is 4.39 Å². The minimum absolute atomic E-state index is 0.287. The summed E-state index contributed by atoms with van der Waals surface area (Å²) in [6, 6.07) is 26.6. The summed E-state index contributed by atoms with van der Waals surface area (Å²) in [7, 11) is 0. The molecule has 2 nitrogen and oxygen atoms in total. The van der Waals surface area contributed by atoms with Crippen molar-refractivity contribution >= 4 is 0 Å². The Morgan fingerprint density at radius 2 is 1.25 bits per heavy atom. The standard InChI is InChI=1S/C21H15FN2/c22-18-14-8-7-13-17(18)21-23-19(15-9-3-1-4-10-15)20(24-21)16-11-5-2-6-12-16/h1-14H,(H,23,24). The van der Waals surface area contributed by atoms with Gasteiger partial charge in [0.25, 0.3) is 0 Å². The lowest BCUT2D eigenvalue weighted by Gasteiger charge is -2.02. The van der Waals surface area contributed by atoms with Gasteiger partial charge in [-0.05, 0) is 12.1 Å². The fraction of sp³-hybridized carbons (Fsp3) is 0. The molecule has 0 bridgehead atoms. The molecule has 0 amide bonds. The van der Waals surface area contributed by atoms with Crippen LogP contribution in [-0.2, 0) is 0 Å². The molecule has 0 aliphatic heterocycles. The van der Waals surface area contributed by atoms with E-state index in [4.69, 9.17) is 4.98 Å². The van der Waals surface area contributed by atoms with E-state index in [2.05, 4.69) is 4.98 Å². The smallest absolute Gasteiger partial charge is 0.141 e. The van der Waals surface area contributed by atoms with E-state index in [-0.39, 0.29) is 5.82 Å². The zero-order chi connectivity index (χ0) is 16.4. The van der Waals surface area contributed by atoms with E-state index in [0.717, 1.165) is 22.5 Å². The highest BCUT2D eigenvalue weighted by Gasteiger charge is 2.16. The van der Waals surface area contributed by atoms with Crippen molar-refractivity contribution < 1.29 is 4.39 Å². The maximum absolute atomic E-state index is 14.2. The summed E-state index contributed by atoms with van der Waals surface area (Å²) < 4.78 is 14.2. The Hall–Kier alpha value is -3.20. The molecule has 0 saturated heterocycles. The molecule has 0 atom stereocenters. The first kappa shape index (κ1) is 14.4. The second kappa shape index (κ2) is 6.13. The first-order valence-electron chi connectivity index (χ1n) is 7.78. The molecule has 0 unspecified atom stereocenters. The predicted octanol–water partition coefficient (Wildman–Crippen LogP) is 5.55. The van der Waals surface area contributed by atoms with E-state index in [1.807, 2.05) is 66.7 Å². The normalized spacial score (nSPS) is 10.7. The molecular weight excluding hydrogens is 299 g/mol. The molecule has 24 heavy (non-hydrogen) atoms. The average Bonchev–Trinajstić information content (AvgIpc) is 3.09. The quantitative estimate of drug-likeness (QED) is 0.527. The van der Waals surface area contributed by atoms with Crippen LogP contribution in [0.3, 0.4) is 0 Å². The van der Waals surface area contributed by atoms with Gasteiger partial charge >= 0.3 is 0 Å². The van der Waals surface area contributed by atoms with Crippen LogP contribution >= 0.6 is 0 Å². The number of nitrogens with zero attached hydrogens (tertiary/aromatic N) is 1. The number of imidazole rings is 1. The zero-order valence-electron chi connectivity index (χ0n) is 12.9. The average molecular weight is 314 g/mol. The van der Waals surface area contributed by atoms with E-state index in [1.165, 1.54) is 6.07 Å². The molecule has 4 rings (SSSR count). The monoisotopic (exact) mass is 314 g/mol. The third-order valence-electron chi connectivity index (χ3n) is 3.94. The Morgan fingerprint density at radius 3 is 1.92 bits per heavy atom. The molecule has 116 valence electrons. The lowest BCUT2D eigenvalue weighted by molar-refractivity contribution is 0.630. The second-order valence-corrected chi connectivity index (χ2v) is 5.52. The Bertz CT molecular complexity index is 903. The van der Waals surface area contributed by atoms with Crippen molar-refractivity contribution in [2.75, 3.05) is 0 Å². The molecule has 1 heterocycles. The number of benzene rings is 3. The van der Waals surface area contributed by atoms with Crippen molar-refractivity contribution in [2.45, 2.75) is 0 Å². The van der Waals surface area contributed by atoms with Crippen molar-refractivity contribution in [3.63, 3.8) is 0 Å². The summed E-state index contributed by atoms with van der Waals surface area (Å²) in [4.78, 5) is 7.99. The van der Waals surface area contributed by atoms with E-state index in [9.17, 15) is 4.39 Å². The van der Waals surface area contributed by atoms with Crippen molar-refractivity contribution in [2.24, 2.45) is 0 Å². The molecule has 1 aromatic heterocycles. The Labute approximate surface area is 139 Å². The minimum Gasteiger partial charge on any atom is -0.337 e. The van der Waals surface area contributed by atoms with Crippen LogP contribution in [-0.4, -0.2) is 9.97 Å². The van der Waals surface area contributed by atoms with Crippen LogP contribution in [0.15, 0.2) is 84.9 Å². The molecule has 3 heteroatoms. The SMILES string of the molecule is Fc1ccccc1-c1nc(-c2ccccc2)c(-c2ccccc2)[nH]1. The number of hydrogen-bond acceptors (Lipinski definition) is 1. The fourth-order valence-corrected chi connectivity index (χ4v) is 2.77. The molecule has 1 N–H and O–H groups in total. The number of aromatic amines is 1. The van der Waals surface area contributed by atoms with Crippen LogP contribution in [0.25, 0.3) is 33.9 Å². The number of hydrogen-bond donors (Lipinski definition) is 1. The van der Waals surface area contributed by atoms with Gasteiger partial charge in [0.15, 0.2) is 0 Å². The van der Waals surface area contributed by atoms with Gasteiger partial charge in [0.05, 0.1) is 17.0 Å². The number of aromatic nitrogens is 2. The predicted molar refractivity (Wildman–Crippen MR) is 94.9 cm³/mol. The van der Waals surface area contributed by atoms with Gasteiger partial charge in [-0.3, -0.25) is 0 Å². The summed E-state index contributed by atoms with van der Waals surface area (Å²) in [6.45, 7) is 0. The van der Waals surface area contributed by atoms with Crippen molar-refractivity contribution in [3.8, 4) is 33.9 Å². The highest BCUT2D eigenvalue weighted by atomic mass is 19.1. The summed E-state index contributed by atoms with van der Waals surface area (Å²) >= 11 is 0. The Balaban J connectivity index is 1.94. The topological polar surface area (TPSA) is 28.7 Å². The van der Waals surface area contributed by atoms with Gasteiger partial charge in [-0.2, -0.15) is 0 Å². The third kappa shape index (κ3) is 2.61. The van der Waals surface area contributed by atoms with Crippen LogP contribution < -0.4 is 0 Å². The van der Waals surface area contributed by atoms with Crippen molar-refractivity contribution in [3.05, 3.63) is 90.7 Å². The fourth-order valence-electron chi connectivity index (χ4n) is 2.77. The van der Waals surface area contributed by atoms with Crippen LogP contribution in [0.2, 0.25) is 0 Å². The minimum atomic E-state index is -0.287. The molecule has 0 fully saturated rings. The van der Waals surface area contributed by atoms with Crippen molar-refractivity contribution in [1.82, 2.24) is 9.97 Å². The summed E-state index contributed by atoms with van der Waals surface area (Å²) in [5.74, 6) is 0.247. The van der Waals surface area contributed by atoms with E-state index < -0.39 is 0 Å². The number of rotatable bonds is 3. The molecule has 3 aromatic carbocycles.